The van der Waals surface area contributed by atoms with Crippen LogP contribution >= 0.6 is 11.3 Å². The van der Waals surface area contributed by atoms with Gasteiger partial charge in [-0.05, 0) is 56.6 Å². The van der Waals surface area contributed by atoms with Crippen molar-refractivity contribution in [2.24, 2.45) is 5.16 Å². The molecule has 1 N–H and O–H groups in total. The summed E-state index contributed by atoms with van der Waals surface area (Å²) >= 11 is 1.80. The summed E-state index contributed by atoms with van der Waals surface area (Å²) in [6.07, 6.45) is 5.33. The minimum atomic E-state index is -0.442. The maximum absolute atomic E-state index is 9.96. The van der Waals surface area contributed by atoms with Gasteiger partial charge in [-0.15, -0.1) is 11.3 Å². The lowest BCUT2D eigenvalue weighted by atomic mass is 9.97. The Labute approximate surface area is 124 Å². The van der Waals surface area contributed by atoms with Crippen LogP contribution in [0.5, 0.6) is 0 Å². The Morgan fingerprint density at radius 2 is 2.15 bits per heavy atom. The number of fused-ring (bicyclic) bond motifs is 1. The number of hydrogen-bond acceptors (Lipinski definition) is 5. The Kier molecular flexibility index (Phi) is 4.70. The van der Waals surface area contributed by atoms with E-state index in [-0.39, 0.29) is 0 Å². The minimum absolute atomic E-state index is 0.291. The van der Waals surface area contributed by atoms with Crippen LogP contribution in [0.2, 0.25) is 0 Å². The first-order chi connectivity index (χ1) is 9.83. The third kappa shape index (κ3) is 3.40. The molecule has 20 heavy (non-hydrogen) atoms. The molecule has 1 aliphatic heterocycles. The van der Waals surface area contributed by atoms with Crippen molar-refractivity contribution in [1.82, 2.24) is 4.90 Å². The van der Waals surface area contributed by atoms with Crippen LogP contribution in [0.1, 0.15) is 36.1 Å². The molecule has 110 valence electrons. The zero-order valence-corrected chi connectivity index (χ0v) is 12.6. The number of β-amino-alcohol motifs (C(OH)–C–C–N with tert-alkyl or cyclic N) is 1. The molecule has 1 fully saturated rings. The predicted molar refractivity (Wildman–Crippen MR) is 81.4 cm³/mol. The van der Waals surface area contributed by atoms with Crippen molar-refractivity contribution in [3.63, 3.8) is 0 Å². The Hall–Kier alpha value is -0.910. The molecule has 4 nitrogen and oxygen atoms in total. The van der Waals surface area contributed by atoms with E-state index in [4.69, 9.17) is 4.84 Å². The molecular weight excluding hydrogens is 272 g/mol. The molecule has 1 atom stereocenters. The molecule has 1 unspecified atom stereocenters. The number of thiophene rings is 1. The number of rotatable bonds is 5. The summed E-state index contributed by atoms with van der Waals surface area (Å²) in [5.41, 5.74) is 2.29. The Balaban J connectivity index is 1.48. The van der Waals surface area contributed by atoms with Crippen molar-refractivity contribution < 1.29 is 9.94 Å². The van der Waals surface area contributed by atoms with Gasteiger partial charge in [-0.25, -0.2) is 0 Å². The average molecular weight is 294 g/mol. The zero-order valence-electron chi connectivity index (χ0n) is 11.8. The van der Waals surface area contributed by atoms with Gasteiger partial charge in [0.05, 0.1) is 5.71 Å². The SMILES string of the molecule is OC(CON=C1CCCc2sccc21)CN1CCCC1. The van der Waals surface area contributed by atoms with Gasteiger partial charge in [-0.2, -0.15) is 0 Å². The van der Waals surface area contributed by atoms with Gasteiger partial charge >= 0.3 is 0 Å². The number of hydrogen-bond donors (Lipinski definition) is 1. The van der Waals surface area contributed by atoms with E-state index in [0.717, 1.165) is 38.1 Å². The van der Waals surface area contributed by atoms with E-state index in [2.05, 4.69) is 21.5 Å². The minimum Gasteiger partial charge on any atom is -0.393 e. The number of aliphatic hydroxyl groups is 1. The van der Waals surface area contributed by atoms with Gasteiger partial charge in [0.1, 0.15) is 12.7 Å². The highest BCUT2D eigenvalue weighted by atomic mass is 32.1. The van der Waals surface area contributed by atoms with Gasteiger partial charge in [0, 0.05) is 17.0 Å². The molecule has 0 spiro atoms. The Morgan fingerprint density at radius 3 is 3.00 bits per heavy atom. The van der Waals surface area contributed by atoms with Gasteiger partial charge in [0.15, 0.2) is 0 Å². The lowest BCUT2D eigenvalue weighted by Gasteiger charge is -2.18. The monoisotopic (exact) mass is 294 g/mol. The van der Waals surface area contributed by atoms with Gasteiger partial charge in [0.25, 0.3) is 0 Å². The summed E-state index contributed by atoms with van der Waals surface area (Å²) in [5, 5.41) is 16.3. The number of likely N-dealkylation sites (tertiary alicyclic amines) is 1. The number of aliphatic hydroxyl groups excluding tert-OH is 1. The molecule has 2 heterocycles. The first-order valence-electron chi connectivity index (χ1n) is 7.49. The highest BCUT2D eigenvalue weighted by molar-refractivity contribution is 7.10. The second kappa shape index (κ2) is 6.70. The maximum atomic E-state index is 9.96. The summed E-state index contributed by atoms with van der Waals surface area (Å²) in [6.45, 7) is 3.20. The summed E-state index contributed by atoms with van der Waals surface area (Å²) in [7, 11) is 0. The van der Waals surface area contributed by atoms with E-state index < -0.39 is 6.10 Å². The fraction of sp³-hybridized carbons (Fsp3) is 0.667. The van der Waals surface area contributed by atoms with Crippen molar-refractivity contribution in [3.05, 3.63) is 21.9 Å². The average Bonchev–Trinajstić information content (AvgIpc) is 3.09. The Bertz CT molecular complexity index is 466. The molecular formula is C15H22N2O2S. The van der Waals surface area contributed by atoms with E-state index in [0.29, 0.717) is 13.2 Å². The lowest BCUT2D eigenvalue weighted by Crippen LogP contribution is -2.32. The summed E-state index contributed by atoms with van der Waals surface area (Å²) in [4.78, 5) is 9.09. The van der Waals surface area contributed by atoms with Crippen LogP contribution in [0.25, 0.3) is 0 Å². The molecule has 1 aromatic heterocycles. The van der Waals surface area contributed by atoms with Crippen molar-refractivity contribution in [1.29, 1.82) is 0 Å². The third-order valence-electron chi connectivity index (χ3n) is 3.98. The molecule has 0 radical (unpaired) electrons. The summed E-state index contributed by atoms with van der Waals surface area (Å²) < 4.78 is 0. The topological polar surface area (TPSA) is 45.1 Å². The molecule has 1 saturated heterocycles. The van der Waals surface area contributed by atoms with Crippen molar-refractivity contribution in [3.8, 4) is 0 Å². The van der Waals surface area contributed by atoms with Crippen LogP contribution in [-0.2, 0) is 11.3 Å². The second-order valence-electron chi connectivity index (χ2n) is 5.61. The van der Waals surface area contributed by atoms with Crippen LogP contribution in [0.4, 0.5) is 0 Å². The third-order valence-corrected chi connectivity index (χ3v) is 4.96. The second-order valence-corrected chi connectivity index (χ2v) is 6.61. The smallest absolute Gasteiger partial charge is 0.144 e. The first-order valence-corrected chi connectivity index (χ1v) is 8.37. The van der Waals surface area contributed by atoms with E-state index in [1.807, 2.05) is 0 Å². The number of nitrogens with zero attached hydrogens (tertiary/aromatic N) is 2. The van der Waals surface area contributed by atoms with E-state index in [9.17, 15) is 5.11 Å². The molecule has 0 bridgehead atoms. The molecule has 1 aliphatic carbocycles. The molecule has 0 saturated carbocycles. The van der Waals surface area contributed by atoms with Gasteiger partial charge in [0.2, 0.25) is 0 Å². The normalized spacial score (nSPS) is 22.9. The predicted octanol–water partition coefficient (Wildman–Crippen LogP) is 2.26. The summed E-state index contributed by atoms with van der Waals surface area (Å²) in [5.74, 6) is 0. The van der Waals surface area contributed by atoms with Crippen molar-refractivity contribution in [2.75, 3.05) is 26.2 Å². The van der Waals surface area contributed by atoms with E-state index >= 15 is 0 Å². The summed E-state index contributed by atoms with van der Waals surface area (Å²) in [6, 6.07) is 2.13. The lowest BCUT2D eigenvalue weighted by molar-refractivity contribution is 0.0228. The quantitative estimate of drug-likeness (QED) is 0.847. The zero-order chi connectivity index (χ0) is 13.8. The van der Waals surface area contributed by atoms with Crippen LogP contribution < -0.4 is 0 Å². The largest absolute Gasteiger partial charge is 0.393 e. The molecule has 3 rings (SSSR count). The van der Waals surface area contributed by atoms with E-state index in [1.165, 1.54) is 23.3 Å². The molecule has 5 heteroatoms. The molecule has 1 aromatic rings. The van der Waals surface area contributed by atoms with Crippen LogP contribution in [-0.4, -0.2) is 48.1 Å². The number of aryl methyl sites for hydroxylation is 1. The van der Waals surface area contributed by atoms with Crippen molar-refractivity contribution in [2.45, 2.75) is 38.2 Å². The first kappa shape index (κ1) is 14.0. The molecule has 2 aliphatic rings. The number of oxime groups is 1. The fourth-order valence-electron chi connectivity index (χ4n) is 2.95. The van der Waals surface area contributed by atoms with Crippen LogP contribution in [0.15, 0.2) is 16.6 Å². The highest BCUT2D eigenvalue weighted by Crippen LogP contribution is 2.26. The highest BCUT2D eigenvalue weighted by Gasteiger charge is 2.18. The molecule has 0 amide bonds. The maximum Gasteiger partial charge on any atom is 0.144 e. The molecule has 0 aromatic carbocycles. The van der Waals surface area contributed by atoms with Crippen LogP contribution in [0.3, 0.4) is 0 Å². The standard InChI is InChI=1S/C15H22N2O2S/c18-12(10-17-7-1-2-8-17)11-19-16-14-4-3-5-15-13(14)6-9-20-15/h6,9,12,18H,1-5,7-8,10-11H2. The van der Waals surface area contributed by atoms with Gasteiger partial charge < -0.3 is 14.8 Å². The fourth-order valence-corrected chi connectivity index (χ4v) is 3.90. The van der Waals surface area contributed by atoms with E-state index in [1.54, 1.807) is 11.3 Å². The van der Waals surface area contributed by atoms with Crippen LogP contribution in [0, 0.1) is 0 Å². The van der Waals surface area contributed by atoms with Gasteiger partial charge in [-0.3, -0.25) is 0 Å². The Morgan fingerprint density at radius 1 is 1.30 bits per heavy atom. The van der Waals surface area contributed by atoms with Crippen molar-refractivity contribution >= 4 is 17.0 Å². The van der Waals surface area contributed by atoms with Gasteiger partial charge in [-0.1, -0.05) is 5.16 Å².